The molecule has 4 aromatic carbocycles. The van der Waals surface area contributed by atoms with Crippen LogP contribution >= 0.6 is 15.8 Å². The van der Waals surface area contributed by atoms with Crippen molar-refractivity contribution in [1.82, 2.24) is 0 Å². The highest BCUT2D eigenvalue weighted by atomic mass is 31.1. The van der Waals surface area contributed by atoms with Crippen molar-refractivity contribution in [3.63, 3.8) is 0 Å². The SMILES string of the molecule is Cc1ccc(N(c2ccc(C)cc2P(C(C)C)C(C)C)c2cccc3ccccc23)c(P(C(C)C)C(C)C)c1. The van der Waals surface area contributed by atoms with Gasteiger partial charge in [-0.25, -0.2) is 0 Å². The van der Waals surface area contributed by atoms with Crippen molar-refractivity contribution < 1.29 is 0 Å². The lowest BCUT2D eigenvalue weighted by atomic mass is 10.1. The third kappa shape index (κ3) is 6.26. The first-order valence-electron chi connectivity index (χ1n) is 14.6. The number of fused-ring (bicyclic) bond motifs is 1. The van der Waals surface area contributed by atoms with Gasteiger partial charge in [-0.15, -0.1) is 0 Å². The van der Waals surface area contributed by atoms with E-state index in [1.54, 1.807) is 0 Å². The van der Waals surface area contributed by atoms with Gasteiger partial charge in [0.05, 0.1) is 17.1 Å². The molecule has 4 rings (SSSR count). The predicted octanol–water partition coefficient (Wildman–Crippen LogP) is 10.8. The van der Waals surface area contributed by atoms with Crippen molar-refractivity contribution in [2.75, 3.05) is 4.90 Å². The first-order chi connectivity index (χ1) is 18.5. The molecule has 0 fully saturated rings. The summed E-state index contributed by atoms with van der Waals surface area (Å²) in [7, 11) is -0.719. The fourth-order valence-corrected chi connectivity index (χ4v) is 12.4. The van der Waals surface area contributed by atoms with E-state index in [0.717, 1.165) is 0 Å². The lowest BCUT2D eigenvalue weighted by molar-refractivity contribution is 1.02. The van der Waals surface area contributed by atoms with E-state index in [1.807, 2.05) is 0 Å². The fourth-order valence-electron chi connectivity index (χ4n) is 6.16. The van der Waals surface area contributed by atoms with Crippen molar-refractivity contribution in [2.45, 2.75) is 91.9 Å². The number of nitrogens with zero attached hydrogens (tertiary/aromatic N) is 1. The normalized spacial score (nSPS) is 12.2. The Hall–Kier alpha value is -2.20. The fraction of sp³-hybridized carbons (Fsp3) is 0.389. The third-order valence-corrected chi connectivity index (χ3v) is 13.8. The third-order valence-electron chi connectivity index (χ3n) is 7.53. The summed E-state index contributed by atoms with van der Waals surface area (Å²) in [5.74, 6) is 0. The predicted molar refractivity (Wildman–Crippen MR) is 182 cm³/mol. The van der Waals surface area contributed by atoms with E-state index in [9.17, 15) is 0 Å². The molecule has 0 heterocycles. The molecule has 0 amide bonds. The van der Waals surface area contributed by atoms with Crippen LogP contribution in [0.2, 0.25) is 0 Å². The summed E-state index contributed by atoms with van der Waals surface area (Å²) in [4.78, 5) is 2.63. The van der Waals surface area contributed by atoms with Gasteiger partial charge in [-0.05, 0) is 72.2 Å². The summed E-state index contributed by atoms with van der Waals surface area (Å²) < 4.78 is 0. The highest BCUT2D eigenvalue weighted by Crippen LogP contribution is 2.52. The monoisotopic (exact) mass is 555 g/mol. The quantitative estimate of drug-likeness (QED) is 0.186. The Bertz CT molecular complexity index is 1330. The maximum absolute atomic E-state index is 2.63. The molecular formula is C36H47NP2. The lowest BCUT2D eigenvalue weighted by Crippen LogP contribution is -2.27. The van der Waals surface area contributed by atoms with Crippen LogP contribution in [0.3, 0.4) is 0 Å². The lowest BCUT2D eigenvalue weighted by Gasteiger charge is -2.37. The van der Waals surface area contributed by atoms with E-state index in [2.05, 4.69) is 153 Å². The minimum Gasteiger partial charge on any atom is -0.309 e. The Morgan fingerprint density at radius 2 is 0.923 bits per heavy atom. The molecule has 4 aromatic rings. The smallest absolute Gasteiger partial charge is 0.0540 e. The number of hydrogen-bond donors (Lipinski definition) is 0. The molecule has 0 aromatic heterocycles. The largest absolute Gasteiger partial charge is 0.309 e. The molecule has 3 heteroatoms. The zero-order chi connectivity index (χ0) is 28.4. The average molecular weight is 556 g/mol. The van der Waals surface area contributed by atoms with Gasteiger partial charge in [-0.2, -0.15) is 0 Å². The molecule has 0 saturated heterocycles. The van der Waals surface area contributed by atoms with Gasteiger partial charge in [0.2, 0.25) is 0 Å². The molecule has 0 bridgehead atoms. The highest BCUT2D eigenvalue weighted by molar-refractivity contribution is 7.67. The zero-order valence-corrected chi connectivity index (χ0v) is 27.4. The summed E-state index contributed by atoms with van der Waals surface area (Å²) >= 11 is 0. The van der Waals surface area contributed by atoms with Gasteiger partial charge in [0.25, 0.3) is 0 Å². The second-order valence-electron chi connectivity index (χ2n) is 12.0. The van der Waals surface area contributed by atoms with Gasteiger partial charge in [0.1, 0.15) is 0 Å². The number of hydrogen-bond acceptors (Lipinski definition) is 1. The van der Waals surface area contributed by atoms with Crippen molar-refractivity contribution in [3.8, 4) is 0 Å². The van der Waals surface area contributed by atoms with Gasteiger partial charge in [0.15, 0.2) is 0 Å². The molecule has 0 aliphatic heterocycles. The van der Waals surface area contributed by atoms with Gasteiger partial charge in [-0.1, -0.05) is 131 Å². The Labute approximate surface area is 240 Å². The van der Waals surface area contributed by atoms with E-state index in [4.69, 9.17) is 0 Å². The van der Waals surface area contributed by atoms with Crippen LogP contribution in [0.5, 0.6) is 0 Å². The molecule has 0 radical (unpaired) electrons. The van der Waals surface area contributed by atoms with E-state index in [-0.39, 0.29) is 15.8 Å². The van der Waals surface area contributed by atoms with Gasteiger partial charge in [-0.3, -0.25) is 0 Å². The molecule has 1 nitrogen and oxygen atoms in total. The number of anilines is 3. The molecule has 0 aliphatic rings. The Balaban J connectivity index is 2.14. The van der Waals surface area contributed by atoms with Gasteiger partial charge in [0, 0.05) is 16.0 Å². The summed E-state index contributed by atoms with van der Waals surface area (Å²) in [6.45, 7) is 23.8. The molecular weight excluding hydrogens is 508 g/mol. The first-order valence-corrected chi connectivity index (χ1v) is 17.5. The van der Waals surface area contributed by atoms with Crippen molar-refractivity contribution in [3.05, 3.63) is 90.0 Å². The molecule has 0 aliphatic carbocycles. The average Bonchev–Trinajstić information content (AvgIpc) is 2.86. The van der Waals surface area contributed by atoms with E-state index < -0.39 is 0 Å². The highest BCUT2D eigenvalue weighted by Gasteiger charge is 2.30. The minimum atomic E-state index is -0.360. The summed E-state index contributed by atoms with van der Waals surface area (Å²) in [6, 6.07) is 30.1. The maximum atomic E-state index is 2.63. The molecule has 0 saturated carbocycles. The maximum Gasteiger partial charge on any atom is 0.0540 e. The van der Waals surface area contributed by atoms with E-state index >= 15 is 0 Å². The van der Waals surface area contributed by atoms with Gasteiger partial charge < -0.3 is 4.90 Å². The Morgan fingerprint density at radius 3 is 1.38 bits per heavy atom. The zero-order valence-electron chi connectivity index (χ0n) is 25.7. The standard InChI is InChI=1S/C36H47NP2/c1-24(2)38(25(3)4)35-22-28(9)18-20-33(35)37(32-17-13-15-30-14-11-12-16-31(30)32)34-21-19-29(10)23-36(34)39(26(5)6)27(7)8/h11-27H,1-10H3. The topological polar surface area (TPSA) is 3.24 Å². The van der Waals surface area contributed by atoms with Crippen LogP contribution in [0.25, 0.3) is 10.8 Å². The summed E-state index contributed by atoms with van der Waals surface area (Å²) in [5.41, 5.74) is 9.08. The molecule has 0 atom stereocenters. The van der Waals surface area contributed by atoms with Crippen LogP contribution in [0.1, 0.15) is 66.5 Å². The summed E-state index contributed by atoms with van der Waals surface area (Å²) in [6.07, 6.45) is 0. The van der Waals surface area contributed by atoms with Crippen LogP contribution in [-0.4, -0.2) is 22.6 Å². The Kier molecular flexibility index (Phi) is 9.57. The second kappa shape index (κ2) is 12.5. The van der Waals surface area contributed by atoms with Crippen LogP contribution in [0.4, 0.5) is 17.1 Å². The van der Waals surface area contributed by atoms with Crippen molar-refractivity contribution >= 4 is 54.3 Å². The van der Waals surface area contributed by atoms with Crippen LogP contribution < -0.4 is 15.5 Å². The van der Waals surface area contributed by atoms with Gasteiger partial charge >= 0.3 is 0 Å². The van der Waals surface area contributed by atoms with Crippen molar-refractivity contribution in [2.24, 2.45) is 0 Å². The Morgan fingerprint density at radius 1 is 0.487 bits per heavy atom. The van der Waals surface area contributed by atoms with Crippen LogP contribution in [-0.2, 0) is 0 Å². The molecule has 206 valence electrons. The van der Waals surface area contributed by atoms with E-state index in [1.165, 1.54) is 49.6 Å². The molecule has 0 N–H and O–H groups in total. The first kappa shape index (κ1) is 29.8. The number of rotatable bonds is 9. The van der Waals surface area contributed by atoms with Crippen LogP contribution in [0, 0.1) is 13.8 Å². The molecule has 39 heavy (non-hydrogen) atoms. The van der Waals surface area contributed by atoms with Crippen molar-refractivity contribution in [1.29, 1.82) is 0 Å². The second-order valence-corrected chi connectivity index (χ2v) is 18.7. The summed E-state index contributed by atoms with van der Waals surface area (Å²) in [5, 5.41) is 5.63. The number of aryl methyl sites for hydroxylation is 2. The molecule has 0 unspecified atom stereocenters. The van der Waals surface area contributed by atoms with E-state index in [0.29, 0.717) is 22.6 Å². The number of benzene rings is 4. The molecule has 0 spiro atoms. The minimum absolute atomic E-state index is 0.360. The van der Waals surface area contributed by atoms with Crippen LogP contribution in [0.15, 0.2) is 78.9 Å².